The number of hydrogen-bond donors (Lipinski definition) is 2. The van der Waals surface area contributed by atoms with E-state index in [9.17, 15) is 0 Å². The minimum Gasteiger partial charge on any atom is -0.344 e. The highest BCUT2D eigenvalue weighted by Crippen LogP contribution is 2.33. The molecule has 6 aromatic carbocycles. The number of aromatic nitrogens is 2. The van der Waals surface area contributed by atoms with Crippen molar-refractivity contribution in [1.82, 2.24) is 9.13 Å². The second-order valence-electron chi connectivity index (χ2n) is 12.1. The Labute approximate surface area is 318 Å². The van der Waals surface area contributed by atoms with E-state index in [0.717, 1.165) is 17.8 Å². The molecule has 0 amide bonds. The van der Waals surface area contributed by atoms with Crippen LogP contribution in [0.4, 0.5) is 5.69 Å². The Hall–Kier alpha value is -6.99. The average Bonchev–Trinajstić information content (AvgIpc) is 3.80. The summed E-state index contributed by atoms with van der Waals surface area (Å²) in [4.78, 5) is 11.4. The highest BCUT2D eigenvalue weighted by Gasteiger charge is 2.11. The van der Waals surface area contributed by atoms with Crippen LogP contribution < -0.4 is 0 Å². The summed E-state index contributed by atoms with van der Waals surface area (Å²) < 4.78 is 4.20. The van der Waals surface area contributed by atoms with Gasteiger partial charge in [-0.2, -0.15) is 0 Å². The van der Waals surface area contributed by atoms with Gasteiger partial charge < -0.3 is 20.0 Å². The molecule has 0 spiro atoms. The first kappa shape index (κ1) is 39.8. The van der Waals surface area contributed by atoms with Crippen LogP contribution in [0.25, 0.3) is 38.3 Å². The highest BCUT2D eigenvalue weighted by molar-refractivity contribution is 6.20. The van der Waals surface area contributed by atoms with Gasteiger partial charge in [0.2, 0.25) is 0 Å². The van der Waals surface area contributed by atoms with E-state index in [0.29, 0.717) is 11.4 Å². The maximum Gasteiger partial charge on any atom is 0.0894 e. The molecule has 2 heterocycles. The number of aliphatic imine (C=N–C) groups is 3. The maximum atomic E-state index is 7.91. The molecule has 0 atom stereocenters. The number of hydrogen-bond acceptors (Lipinski definition) is 5. The zero-order valence-corrected chi connectivity index (χ0v) is 31.1. The van der Waals surface area contributed by atoms with Crippen molar-refractivity contribution in [1.29, 1.82) is 10.8 Å². The van der Waals surface area contributed by atoms with Crippen molar-refractivity contribution < 1.29 is 0 Å². The number of para-hydroxylation sites is 2. The first-order valence-corrected chi connectivity index (χ1v) is 17.4. The van der Waals surface area contributed by atoms with Gasteiger partial charge >= 0.3 is 0 Å². The summed E-state index contributed by atoms with van der Waals surface area (Å²) in [6.45, 7) is 15.9. The largest absolute Gasteiger partial charge is 0.344 e. The third-order valence-corrected chi connectivity index (χ3v) is 8.51. The molecular formula is C47H47N7. The Kier molecular flexibility index (Phi) is 15.3. The first-order chi connectivity index (χ1) is 26.4. The number of fused-ring (bicyclic) bond motifs is 5. The van der Waals surface area contributed by atoms with Crippen LogP contribution in [0.1, 0.15) is 16.7 Å². The number of nitrogens with one attached hydrogen (secondary N) is 2. The van der Waals surface area contributed by atoms with Crippen LogP contribution >= 0.6 is 0 Å². The lowest BCUT2D eigenvalue weighted by Gasteiger charge is -2.01. The van der Waals surface area contributed by atoms with E-state index in [4.69, 9.17) is 10.8 Å². The SMILES string of the molecule is C=N.C=NCC(=N)c1cn(-c2ccccc2)cc1N=C.C=NCc1ccccc1.Cc1ccccc1.Cn1c2ccccc2c2c3ccccc3ccc21. The highest BCUT2D eigenvalue weighted by atomic mass is 15.0. The summed E-state index contributed by atoms with van der Waals surface area (Å²) in [6, 6.07) is 51.8. The fourth-order valence-electron chi connectivity index (χ4n) is 5.93. The van der Waals surface area contributed by atoms with Gasteiger partial charge in [-0.25, -0.2) is 0 Å². The van der Waals surface area contributed by atoms with Crippen LogP contribution in [0, 0.1) is 17.7 Å². The van der Waals surface area contributed by atoms with Crippen LogP contribution in [0.5, 0.6) is 0 Å². The van der Waals surface area contributed by atoms with Gasteiger partial charge in [0, 0.05) is 52.5 Å². The zero-order chi connectivity index (χ0) is 38.7. The molecule has 0 saturated carbocycles. The third kappa shape index (κ3) is 10.3. The Balaban J connectivity index is 0.000000169. The van der Waals surface area contributed by atoms with Crippen molar-refractivity contribution >= 4 is 70.8 Å². The summed E-state index contributed by atoms with van der Waals surface area (Å²) in [5, 5.41) is 18.8. The number of rotatable bonds is 7. The van der Waals surface area contributed by atoms with Crippen molar-refractivity contribution in [3.05, 3.63) is 181 Å². The van der Waals surface area contributed by atoms with E-state index >= 15 is 0 Å². The van der Waals surface area contributed by atoms with Gasteiger partial charge in [-0.05, 0) is 74.4 Å². The van der Waals surface area contributed by atoms with Gasteiger partial charge in [0.05, 0.1) is 24.5 Å². The zero-order valence-electron chi connectivity index (χ0n) is 31.1. The molecule has 270 valence electrons. The van der Waals surface area contributed by atoms with Crippen molar-refractivity contribution in [2.24, 2.45) is 22.0 Å². The molecule has 2 N–H and O–H groups in total. The van der Waals surface area contributed by atoms with Crippen LogP contribution in [0.2, 0.25) is 0 Å². The minimum atomic E-state index is 0.279. The van der Waals surface area contributed by atoms with Gasteiger partial charge in [-0.3, -0.25) is 15.0 Å². The molecule has 8 aromatic rings. The second-order valence-corrected chi connectivity index (χ2v) is 12.1. The van der Waals surface area contributed by atoms with Crippen LogP contribution in [-0.4, -0.2) is 48.3 Å². The van der Waals surface area contributed by atoms with Gasteiger partial charge in [-0.15, -0.1) is 0 Å². The second kappa shape index (κ2) is 20.8. The van der Waals surface area contributed by atoms with Gasteiger partial charge in [0.15, 0.2) is 0 Å². The molecule has 0 fully saturated rings. The lowest BCUT2D eigenvalue weighted by atomic mass is 10.0. The molecule has 8 rings (SSSR count). The molecular weight excluding hydrogens is 663 g/mol. The molecule has 0 aliphatic carbocycles. The molecule has 0 unspecified atom stereocenters. The Morgan fingerprint density at radius 3 is 1.78 bits per heavy atom. The van der Waals surface area contributed by atoms with Gasteiger partial charge in [0.25, 0.3) is 0 Å². The number of nitrogens with zero attached hydrogens (tertiary/aromatic N) is 5. The standard InChI is InChI=1S/C17H13N.C14H14N4.C8H9N.C7H8.CH3N/c1-18-15-9-5-4-8-14(15)17-13-7-3-2-6-12(13)10-11-16(17)18;1-16-8-13(15)12-9-18(10-14(12)17-2)11-6-4-3-5-7-11;1-9-7-8-5-3-2-4-6-8;1-7-5-3-2-4-6-7;1-2/h2-11H,1H3;3-7,9-10,15H,1-2,8H2;2-6H,1,7H2;2-6H,1H3;2H,1H2. The Morgan fingerprint density at radius 2 is 1.19 bits per heavy atom. The monoisotopic (exact) mass is 709 g/mol. The van der Waals surface area contributed by atoms with Crippen molar-refractivity contribution in [3.8, 4) is 5.69 Å². The molecule has 7 nitrogen and oxygen atoms in total. The van der Waals surface area contributed by atoms with Crippen molar-refractivity contribution in [3.63, 3.8) is 0 Å². The molecule has 0 saturated heterocycles. The van der Waals surface area contributed by atoms with E-state index in [1.165, 1.54) is 43.7 Å². The molecule has 0 bridgehead atoms. The van der Waals surface area contributed by atoms with Gasteiger partial charge in [0.1, 0.15) is 0 Å². The van der Waals surface area contributed by atoms with Crippen molar-refractivity contribution in [2.45, 2.75) is 13.5 Å². The summed E-state index contributed by atoms with van der Waals surface area (Å²) in [6.07, 6.45) is 3.72. The maximum absolute atomic E-state index is 7.91. The smallest absolute Gasteiger partial charge is 0.0894 e. The summed E-state index contributed by atoms with van der Waals surface area (Å²) in [5.41, 5.74) is 7.97. The van der Waals surface area contributed by atoms with E-state index in [-0.39, 0.29) is 6.54 Å². The normalized spacial score (nSPS) is 9.89. The van der Waals surface area contributed by atoms with E-state index in [1.807, 2.05) is 95.8 Å². The topological polar surface area (TPSA) is 94.6 Å². The first-order valence-electron chi connectivity index (χ1n) is 17.4. The third-order valence-electron chi connectivity index (χ3n) is 8.51. The molecule has 7 heteroatoms. The molecule has 0 aliphatic rings. The fraction of sp³-hybridized carbons (Fsp3) is 0.0851. The van der Waals surface area contributed by atoms with E-state index in [2.05, 4.69) is 133 Å². The lowest BCUT2D eigenvalue weighted by Crippen LogP contribution is -2.02. The molecule has 0 aliphatic heterocycles. The summed E-state index contributed by atoms with van der Waals surface area (Å²) in [7, 11) is 2.14. The van der Waals surface area contributed by atoms with Gasteiger partial charge in [-0.1, -0.05) is 133 Å². The quantitative estimate of drug-likeness (QED) is 0.154. The fourth-order valence-corrected chi connectivity index (χ4v) is 5.93. The van der Waals surface area contributed by atoms with Crippen molar-refractivity contribution in [2.75, 3.05) is 6.54 Å². The average molecular weight is 710 g/mol. The lowest BCUT2D eigenvalue weighted by molar-refractivity contribution is 1.01. The predicted octanol–water partition coefficient (Wildman–Crippen LogP) is 11.5. The van der Waals surface area contributed by atoms with Crippen LogP contribution in [-0.2, 0) is 13.6 Å². The number of benzene rings is 6. The Bertz CT molecular complexity index is 2410. The summed E-state index contributed by atoms with van der Waals surface area (Å²) in [5.74, 6) is 0. The predicted molar refractivity (Wildman–Crippen MR) is 235 cm³/mol. The van der Waals surface area contributed by atoms with Crippen LogP contribution in [0.15, 0.2) is 179 Å². The van der Waals surface area contributed by atoms with E-state index in [1.54, 1.807) is 0 Å². The minimum absolute atomic E-state index is 0.279. The molecule has 2 aromatic heterocycles. The number of aryl methyl sites for hydroxylation is 2. The summed E-state index contributed by atoms with van der Waals surface area (Å²) >= 11 is 0. The molecule has 54 heavy (non-hydrogen) atoms. The Morgan fingerprint density at radius 1 is 0.611 bits per heavy atom. The van der Waals surface area contributed by atoms with Crippen LogP contribution in [0.3, 0.4) is 0 Å². The van der Waals surface area contributed by atoms with E-state index < -0.39 is 0 Å². The molecule has 0 radical (unpaired) electrons.